The Labute approximate surface area is 139 Å². The Morgan fingerprint density at radius 2 is 1.18 bits per heavy atom. The molecule has 0 aromatic rings. The largest absolute Gasteiger partial charge is 0.379 e. The highest BCUT2D eigenvalue weighted by atomic mass is 16.3. The molecule has 0 aliphatic carbocycles. The number of rotatable bonds is 17. The van der Waals surface area contributed by atoms with Crippen LogP contribution < -0.4 is 5.32 Å². The molecule has 1 atom stereocenters. The van der Waals surface area contributed by atoms with Crippen LogP contribution in [0.2, 0.25) is 0 Å². The van der Waals surface area contributed by atoms with E-state index in [1.807, 2.05) is 0 Å². The van der Waals surface area contributed by atoms with Crippen LogP contribution in [-0.2, 0) is 0 Å². The van der Waals surface area contributed by atoms with Crippen LogP contribution in [0.25, 0.3) is 0 Å². The molecule has 0 aromatic heterocycles. The number of hydrogen-bond acceptors (Lipinski definition) is 2. The zero-order chi connectivity index (χ0) is 16.3. The zero-order valence-electron chi connectivity index (χ0n) is 15.3. The fourth-order valence-electron chi connectivity index (χ4n) is 2.68. The summed E-state index contributed by atoms with van der Waals surface area (Å²) in [6, 6.07) is 0. The van der Waals surface area contributed by atoms with E-state index in [9.17, 15) is 0 Å². The molecule has 0 aromatic carbocycles. The third-order valence-electron chi connectivity index (χ3n) is 4.13. The lowest BCUT2D eigenvalue weighted by Gasteiger charge is -2.06. The molecule has 0 fully saturated rings. The van der Waals surface area contributed by atoms with Gasteiger partial charge in [-0.05, 0) is 45.6 Å². The highest BCUT2D eigenvalue weighted by Crippen LogP contribution is 2.09. The fraction of sp³-hybridized carbons (Fsp3) is 0.900. The van der Waals surface area contributed by atoms with Gasteiger partial charge < -0.3 is 5.11 Å². The Bertz CT molecular complexity index is 226. The molecule has 0 aliphatic heterocycles. The van der Waals surface area contributed by atoms with Gasteiger partial charge in [-0.2, -0.15) is 0 Å². The van der Waals surface area contributed by atoms with Crippen LogP contribution in [0.4, 0.5) is 0 Å². The van der Waals surface area contributed by atoms with E-state index < -0.39 is 0 Å². The van der Waals surface area contributed by atoms with Gasteiger partial charge in [-0.3, -0.25) is 5.32 Å². The minimum Gasteiger partial charge on any atom is -0.379 e. The van der Waals surface area contributed by atoms with Crippen LogP contribution in [0.15, 0.2) is 12.2 Å². The van der Waals surface area contributed by atoms with Crippen LogP contribution in [0.1, 0.15) is 104 Å². The molecule has 2 nitrogen and oxygen atoms in total. The molecular weight excluding hydrogens is 270 g/mol. The van der Waals surface area contributed by atoms with Crippen molar-refractivity contribution in [3.63, 3.8) is 0 Å². The molecule has 0 radical (unpaired) electrons. The monoisotopic (exact) mass is 311 g/mol. The van der Waals surface area contributed by atoms with Crippen molar-refractivity contribution in [3.05, 3.63) is 12.2 Å². The van der Waals surface area contributed by atoms with Crippen molar-refractivity contribution in [3.8, 4) is 0 Å². The summed E-state index contributed by atoms with van der Waals surface area (Å²) in [7, 11) is 0. The molecule has 132 valence electrons. The second kappa shape index (κ2) is 18.7. The number of unbranched alkanes of at least 4 members (excludes halogenated alkanes) is 12. The second-order valence-corrected chi connectivity index (χ2v) is 6.57. The predicted octanol–water partition coefficient (Wildman–Crippen LogP) is 5.95. The average Bonchev–Trinajstić information content (AvgIpc) is 2.50. The Kier molecular flexibility index (Phi) is 18.4. The predicted molar refractivity (Wildman–Crippen MR) is 99.1 cm³/mol. The van der Waals surface area contributed by atoms with Crippen molar-refractivity contribution in [2.24, 2.45) is 0 Å². The van der Waals surface area contributed by atoms with E-state index in [-0.39, 0.29) is 6.23 Å². The molecule has 0 rings (SSSR count). The van der Waals surface area contributed by atoms with E-state index in [4.69, 9.17) is 5.11 Å². The first-order chi connectivity index (χ1) is 10.8. The summed E-state index contributed by atoms with van der Waals surface area (Å²) in [4.78, 5) is 0. The standard InChI is InChI=1S/C20H41NO/c1-3-4-5-6-7-8-9-10-11-12-13-14-15-16-17-18-19-21-20(2)22/h10-11,20-22H,3-9,12-19H2,1-2H3/b11-10-. The summed E-state index contributed by atoms with van der Waals surface area (Å²) in [6.45, 7) is 5.00. The van der Waals surface area contributed by atoms with Crippen LogP contribution in [0, 0.1) is 0 Å². The van der Waals surface area contributed by atoms with Gasteiger partial charge >= 0.3 is 0 Å². The lowest BCUT2D eigenvalue weighted by molar-refractivity contribution is 0.156. The van der Waals surface area contributed by atoms with Gasteiger partial charge in [0.2, 0.25) is 0 Å². The third-order valence-corrected chi connectivity index (χ3v) is 4.13. The number of allylic oxidation sites excluding steroid dienone is 2. The van der Waals surface area contributed by atoms with E-state index in [1.165, 1.54) is 89.9 Å². The van der Waals surface area contributed by atoms with E-state index >= 15 is 0 Å². The number of aliphatic hydroxyl groups excluding tert-OH is 1. The lowest BCUT2D eigenvalue weighted by atomic mass is 10.1. The van der Waals surface area contributed by atoms with Gasteiger partial charge in [-0.1, -0.05) is 76.9 Å². The van der Waals surface area contributed by atoms with Crippen LogP contribution in [0.3, 0.4) is 0 Å². The van der Waals surface area contributed by atoms with Gasteiger partial charge in [0.05, 0.1) is 0 Å². The number of aliphatic hydroxyl groups is 1. The first-order valence-electron chi connectivity index (χ1n) is 9.83. The summed E-state index contributed by atoms with van der Waals surface area (Å²) < 4.78 is 0. The molecule has 22 heavy (non-hydrogen) atoms. The van der Waals surface area contributed by atoms with Crippen LogP contribution in [-0.4, -0.2) is 17.9 Å². The van der Waals surface area contributed by atoms with Gasteiger partial charge in [0.15, 0.2) is 0 Å². The summed E-state index contributed by atoms with van der Waals surface area (Å²) in [6.07, 6.45) is 23.2. The SMILES string of the molecule is CCCCCCCC/C=C\CCCCCCCCNC(C)O. The minimum absolute atomic E-state index is 0.358. The Balaban J connectivity index is 3.05. The van der Waals surface area contributed by atoms with Crippen molar-refractivity contribution in [1.29, 1.82) is 0 Å². The Morgan fingerprint density at radius 1 is 0.727 bits per heavy atom. The van der Waals surface area contributed by atoms with E-state index in [0.29, 0.717) is 0 Å². The molecular formula is C20H41NO. The summed E-state index contributed by atoms with van der Waals surface area (Å²) in [5.41, 5.74) is 0. The van der Waals surface area contributed by atoms with E-state index in [1.54, 1.807) is 6.92 Å². The van der Waals surface area contributed by atoms with Crippen molar-refractivity contribution >= 4 is 0 Å². The normalized spacial score (nSPS) is 13.0. The maximum atomic E-state index is 9.06. The first kappa shape index (κ1) is 21.7. The summed E-state index contributed by atoms with van der Waals surface area (Å²) in [5.74, 6) is 0. The average molecular weight is 312 g/mol. The number of hydrogen-bond donors (Lipinski definition) is 2. The summed E-state index contributed by atoms with van der Waals surface area (Å²) >= 11 is 0. The molecule has 1 unspecified atom stereocenters. The van der Waals surface area contributed by atoms with E-state index in [0.717, 1.165) is 6.54 Å². The Hall–Kier alpha value is -0.340. The number of nitrogens with one attached hydrogen (secondary N) is 1. The van der Waals surface area contributed by atoms with Crippen molar-refractivity contribution in [2.75, 3.05) is 6.54 Å². The maximum Gasteiger partial charge on any atom is 0.102 e. The topological polar surface area (TPSA) is 32.3 Å². The van der Waals surface area contributed by atoms with Gasteiger partial charge in [-0.25, -0.2) is 0 Å². The molecule has 2 N–H and O–H groups in total. The highest BCUT2D eigenvalue weighted by molar-refractivity contribution is 4.81. The van der Waals surface area contributed by atoms with Gasteiger partial charge in [0.1, 0.15) is 6.23 Å². The van der Waals surface area contributed by atoms with Gasteiger partial charge in [0, 0.05) is 0 Å². The lowest BCUT2D eigenvalue weighted by Crippen LogP contribution is -2.26. The molecule has 0 spiro atoms. The van der Waals surface area contributed by atoms with Crippen molar-refractivity contribution in [2.45, 2.75) is 110 Å². The highest BCUT2D eigenvalue weighted by Gasteiger charge is 1.94. The molecule has 0 bridgehead atoms. The zero-order valence-corrected chi connectivity index (χ0v) is 15.3. The third kappa shape index (κ3) is 19.7. The first-order valence-corrected chi connectivity index (χ1v) is 9.83. The van der Waals surface area contributed by atoms with Crippen LogP contribution >= 0.6 is 0 Å². The Morgan fingerprint density at radius 3 is 1.68 bits per heavy atom. The van der Waals surface area contributed by atoms with Crippen molar-refractivity contribution < 1.29 is 5.11 Å². The van der Waals surface area contributed by atoms with Gasteiger partial charge in [0.25, 0.3) is 0 Å². The summed E-state index contributed by atoms with van der Waals surface area (Å²) in [5, 5.41) is 12.1. The molecule has 0 heterocycles. The molecule has 0 aliphatic rings. The molecule has 0 saturated heterocycles. The fourth-order valence-corrected chi connectivity index (χ4v) is 2.68. The molecule has 2 heteroatoms. The van der Waals surface area contributed by atoms with Crippen LogP contribution in [0.5, 0.6) is 0 Å². The second-order valence-electron chi connectivity index (χ2n) is 6.57. The molecule has 0 saturated carbocycles. The maximum absolute atomic E-state index is 9.06. The van der Waals surface area contributed by atoms with Crippen molar-refractivity contribution in [1.82, 2.24) is 5.32 Å². The smallest absolute Gasteiger partial charge is 0.102 e. The minimum atomic E-state index is -0.358. The van der Waals surface area contributed by atoms with Gasteiger partial charge in [-0.15, -0.1) is 0 Å². The molecule has 0 amide bonds. The van der Waals surface area contributed by atoms with E-state index in [2.05, 4.69) is 24.4 Å². The quantitative estimate of drug-likeness (QED) is 0.197.